The monoisotopic (exact) mass is 652 g/mol. The summed E-state index contributed by atoms with van der Waals surface area (Å²) >= 11 is 0. The minimum Gasteiger partial charge on any atom is -0.349 e. The van der Waals surface area contributed by atoms with Gasteiger partial charge in [0.05, 0.1) is 16.9 Å². The molecule has 0 saturated carbocycles. The number of hydrogen-bond acceptors (Lipinski definition) is 1. The fraction of sp³-hybridized carbons (Fsp3) is 0.0408. The average Bonchev–Trinajstić information content (AvgIpc) is 3.59. The minimum absolute atomic E-state index is 0.991. The summed E-state index contributed by atoms with van der Waals surface area (Å²) in [7, 11) is 2.11. The van der Waals surface area contributed by atoms with Gasteiger partial charge in [0.1, 0.15) is 0 Å². The number of nitrogens with zero attached hydrogens (tertiary/aromatic N) is 2. The number of aryl methyl sites for hydroxylation is 2. The molecular formula is C49H36N2. The molecule has 0 unspecified atom stereocenters. The summed E-state index contributed by atoms with van der Waals surface area (Å²) in [6.45, 7) is 2.14. The zero-order valence-corrected chi connectivity index (χ0v) is 28.7. The topological polar surface area (TPSA) is 17.8 Å². The van der Waals surface area contributed by atoms with Gasteiger partial charge in [0, 0.05) is 35.1 Å². The van der Waals surface area contributed by atoms with E-state index in [9.17, 15) is 0 Å². The maximum atomic E-state index is 5.53. The molecule has 9 rings (SSSR count). The fourth-order valence-corrected chi connectivity index (χ4v) is 8.00. The van der Waals surface area contributed by atoms with Gasteiger partial charge < -0.3 is 4.57 Å². The largest absolute Gasteiger partial charge is 0.349 e. The number of benzene rings is 7. The van der Waals surface area contributed by atoms with E-state index in [0.29, 0.717) is 0 Å². The lowest BCUT2D eigenvalue weighted by atomic mass is 9.77. The molecule has 2 aromatic heterocycles. The van der Waals surface area contributed by atoms with Crippen LogP contribution in [0.4, 0.5) is 0 Å². The van der Waals surface area contributed by atoms with Gasteiger partial charge in [0.15, 0.2) is 0 Å². The van der Waals surface area contributed by atoms with Gasteiger partial charge in [-0.15, -0.1) is 0 Å². The Kier molecular flexibility index (Phi) is 7.63. The molecule has 7 aromatic carbocycles. The van der Waals surface area contributed by atoms with Crippen LogP contribution < -0.4 is 0 Å². The Balaban J connectivity index is 1.56. The van der Waals surface area contributed by atoms with E-state index in [2.05, 4.69) is 201 Å². The Hall–Kier alpha value is -6.51. The molecule has 2 heteroatoms. The average molecular weight is 653 g/mol. The second-order valence-corrected chi connectivity index (χ2v) is 13.2. The summed E-state index contributed by atoms with van der Waals surface area (Å²) in [6.07, 6.45) is 2.15. The molecule has 0 aliphatic heterocycles. The zero-order valence-electron chi connectivity index (χ0n) is 28.7. The molecule has 0 amide bonds. The van der Waals surface area contributed by atoms with Crippen molar-refractivity contribution in [2.45, 2.75) is 6.92 Å². The van der Waals surface area contributed by atoms with E-state index in [-0.39, 0.29) is 0 Å². The first-order valence-corrected chi connectivity index (χ1v) is 17.5. The molecule has 2 heterocycles. The van der Waals surface area contributed by atoms with Gasteiger partial charge in [0.25, 0.3) is 0 Å². The summed E-state index contributed by atoms with van der Waals surface area (Å²) in [4.78, 5) is 5.53. The highest BCUT2D eigenvalue weighted by molar-refractivity contribution is 6.22. The molecule has 2 nitrogen and oxygen atoms in total. The highest BCUT2D eigenvalue weighted by Crippen LogP contribution is 2.53. The lowest BCUT2D eigenvalue weighted by Crippen LogP contribution is -2.01. The van der Waals surface area contributed by atoms with Crippen LogP contribution in [0.2, 0.25) is 0 Å². The van der Waals surface area contributed by atoms with Gasteiger partial charge in [-0.1, -0.05) is 170 Å². The van der Waals surface area contributed by atoms with Gasteiger partial charge in [-0.3, -0.25) is 4.98 Å². The molecule has 0 aliphatic carbocycles. The molecule has 0 radical (unpaired) electrons. The van der Waals surface area contributed by atoms with Crippen LogP contribution in [0.5, 0.6) is 0 Å². The molecule has 0 aliphatic rings. The third-order valence-corrected chi connectivity index (χ3v) is 10.1. The third kappa shape index (κ3) is 5.16. The molecular weight excluding hydrogens is 617 g/mol. The van der Waals surface area contributed by atoms with Crippen LogP contribution in [-0.2, 0) is 7.05 Å². The molecule has 0 N–H and O–H groups in total. The Morgan fingerprint density at radius 1 is 0.392 bits per heavy atom. The van der Waals surface area contributed by atoms with E-state index in [1.165, 1.54) is 60.7 Å². The Labute approximate surface area is 299 Å². The third-order valence-electron chi connectivity index (χ3n) is 10.1. The quantitative estimate of drug-likeness (QED) is 0.175. The second kappa shape index (κ2) is 12.7. The first-order chi connectivity index (χ1) is 25.2. The summed E-state index contributed by atoms with van der Waals surface area (Å²) in [6, 6.07) is 63.4. The Morgan fingerprint density at radius 2 is 0.824 bits per heavy atom. The minimum atomic E-state index is 0.991. The van der Waals surface area contributed by atoms with Crippen molar-refractivity contribution in [3.05, 3.63) is 188 Å². The van der Waals surface area contributed by atoms with E-state index < -0.39 is 0 Å². The molecule has 0 saturated heterocycles. The van der Waals surface area contributed by atoms with E-state index in [4.69, 9.17) is 4.98 Å². The predicted octanol–water partition coefficient (Wildman–Crippen LogP) is 13.0. The van der Waals surface area contributed by atoms with Crippen LogP contribution in [0.3, 0.4) is 0 Å². The van der Waals surface area contributed by atoms with Crippen molar-refractivity contribution in [1.82, 2.24) is 9.55 Å². The molecule has 0 fully saturated rings. The van der Waals surface area contributed by atoms with Crippen molar-refractivity contribution in [3.63, 3.8) is 0 Å². The van der Waals surface area contributed by atoms with E-state index in [1.54, 1.807) is 0 Å². The van der Waals surface area contributed by atoms with Crippen molar-refractivity contribution in [3.8, 4) is 66.9 Å². The number of aromatic nitrogens is 2. The number of rotatable bonds is 6. The van der Waals surface area contributed by atoms with Gasteiger partial charge in [-0.2, -0.15) is 0 Å². The van der Waals surface area contributed by atoms with Crippen LogP contribution in [0.15, 0.2) is 182 Å². The highest BCUT2D eigenvalue weighted by Gasteiger charge is 2.27. The molecule has 0 spiro atoms. The van der Waals surface area contributed by atoms with Crippen molar-refractivity contribution in [2.24, 2.45) is 7.05 Å². The van der Waals surface area contributed by atoms with Gasteiger partial charge in [-0.05, 0) is 68.4 Å². The van der Waals surface area contributed by atoms with Crippen LogP contribution in [-0.4, -0.2) is 9.55 Å². The van der Waals surface area contributed by atoms with Crippen molar-refractivity contribution in [2.75, 3.05) is 0 Å². The predicted molar refractivity (Wildman–Crippen MR) is 216 cm³/mol. The first kappa shape index (κ1) is 30.5. The second-order valence-electron chi connectivity index (χ2n) is 13.2. The Morgan fingerprint density at radius 3 is 1.33 bits per heavy atom. The normalized spacial score (nSPS) is 11.3. The molecule has 9 aromatic rings. The fourth-order valence-electron chi connectivity index (χ4n) is 8.00. The number of pyridine rings is 1. The number of hydrogen-bond donors (Lipinski definition) is 0. The van der Waals surface area contributed by atoms with Crippen LogP contribution in [0, 0.1) is 6.92 Å². The van der Waals surface area contributed by atoms with Crippen molar-refractivity contribution in [1.29, 1.82) is 0 Å². The maximum absolute atomic E-state index is 5.53. The standard InChI is InChI=1S/C49H36N2/c1-33-49-41(31-32-51(49)2)43(35-21-10-4-11-22-35)48(50-33)40-30-18-29-39-42(34-19-8-3-9-20-34)44(36-23-12-5-13-24-36)45(37-25-14-6-15-26-37)46(47(39)40)38-27-16-7-17-28-38/h3-32H,1-2H3. The Bertz CT molecular complexity index is 2660. The molecule has 242 valence electrons. The number of fused-ring (bicyclic) bond motifs is 2. The van der Waals surface area contributed by atoms with E-state index >= 15 is 0 Å². The van der Waals surface area contributed by atoms with Crippen LogP contribution in [0.1, 0.15) is 5.69 Å². The molecule has 0 atom stereocenters. The maximum Gasteiger partial charge on any atom is 0.0797 e. The van der Waals surface area contributed by atoms with Crippen molar-refractivity contribution < 1.29 is 0 Å². The SMILES string of the molecule is Cc1nc(-c2cccc3c(-c4ccccc4)c(-c4ccccc4)c(-c4ccccc4)c(-c4ccccc4)c23)c(-c2ccccc2)c2ccn(C)c12. The van der Waals surface area contributed by atoms with Gasteiger partial charge in [0.2, 0.25) is 0 Å². The first-order valence-electron chi connectivity index (χ1n) is 17.5. The zero-order chi connectivity index (χ0) is 34.3. The van der Waals surface area contributed by atoms with Crippen LogP contribution in [0.25, 0.3) is 88.6 Å². The van der Waals surface area contributed by atoms with E-state index in [1.807, 2.05) is 0 Å². The van der Waals surface area contributed by atoms with Gasteiger partial charge >= 0.3 is 0 Å². The molecule has 0 bridgehead atoms. The lowest BCUT2D eigenvalue weighted by molar-refractivity contribution is 0.957. The summed E-state index contributed by atoms with van der Waals surface area (Å²) < 4.78 is 2.19. The highest BCUT2D eigenvalue weighted by atomic mass is 14.9. The van der Waals surface area contributed by atoms with Crippen LogP contribution >= 0.6 is 0 Å². The smallest absolute Gasteiger partial charge is 0.0797 e. The van der Waals surface area contributed by atoms with Gasteiger partial charge in [-0.25, -0.2) is 0 Å². The molecule has 51 heavy (non-hydrogen) atoms. The summed E-state index contributed by atoms with van der Waals surface area (Å²) in [5.41, 5.74) is 16.2. The summed E-state index contributed by atoms with van der Waals surface area (Å²) in [5, 5.41) is 3.60. The summed E-state index contributed by atoms with van der Waals surface area (Å²) in [5.74, 6) is 0. The van der Waals surface area contributed by atoms with E-state index in [0.717, 1.165) is 33.6 Å². The van der Waals surface area contributed by atoms with Crippen molar-refractivity contribution >= 4 is 21.7 Å². The lowest BCUT2D eigenvalue weighted by Gasteiger charge is -2.26.